The second kappa shape index (κ2) is 6.27. The van der Waals surface area contributed by atoms with E-state index < -0.39 is 0 Å². The summed E-state index contributed by atoms with van der Waals surface area (Å²) < 4.78 is 0. The Morgan fingerprint density at radius 1 is 1.00 bits per heavy atom. The first kappa shape index (κ1) is 13.4. The number of ketones is 1. The highest BCUT2D eigenvalue weighted by atomic mass is 32.2. The Bertz CT molecular complexity index is 604. The van der Waals surface area contributed by atoms with Crippen molar-refractivity contribution in [2.45, 2.75) is 30.6 Å². The van der Waals surface area contributed by atoms with Crippen molar-refractivity contribution in [2.75, 3.05) is 5.75 Å². The molecule has 0 N–H and O–H groups in total. The van der Waals surface area contributed by atoms with Crippen LogP contribution >= 0.6 is 11.8 Å². The molecule has 20 heavy (non-hydrogen) atoms. The van der Waals surface area contributed by atoms with Crippen LogP contribution in [0.4, 0.5) is 0 Å². The van der Waals surface area contributed by atoms with Crippen LogP contribution in [0.15, 0.2) is 53.4 Å². The van der Waals surface area contributed by atoms with Crippen molar-refractivity contribution in [3.8, 4) is 0 Å². The monoisotopic (exact) mass is 282 g/mol. The van der Waals surface area contributed by atoms with Crippen LogP contribution in [0.2, 0.25) is 0 Å². The van der Waals surface area contributed by atoms with Gasteiger partial charge >= 0.3 is 0 Å². The molecule has 2 aromatic carbocycles. The number of hydrogen-bond donors (Lipinski definition) is 0. The zero-order chi connectivity index (χ0) is 13.8. The average Bonchev–Trinajstić information content (AvgIpc) is 2.93. The third kappa shape index (κ3) is 3.31. The minimum absolute atomic E-state index is 0.293. The molecule has 2 aromatic rings. The van der Waals surface area contributed by atoms with Crippen LogP contribution in [0.3, 0.4) is 0 Å². The predicted octanol–water partition coefficient (Wildman–Crippen LogP) is 4.08. The number of benzene rings is 2. The quantitative estimate of drug-likeness (QED) is 0.769. The summed E-state index contributed by atoms with van der Waals surface area (Å²) in [7, 11) is 0. The molecule has 0 radical (unpaired) electrons. The van der Waals surface area contributed by atoms with Crippen LogP contribution in [-0.4, -0.2) is 11.5 Å². The molecule has 0 saturated carbocycles. The van der Waals surface area contributed by atoms with Gasteiger partial charge in [-0.1, -0.05) is 36.4 Å². The van der Waals surface area contributed by atoms with Crippen molar-refractivity contribution in [1.82, 2.24) is 0 Å². The standard InChI is InChI=1S/C18H18OS/c19-17(11-14-5-2-1-3-6-14)13-20-18-10-9-15-7-4-8-16(15)12-18/h1-3,5-6,9-10,12H,4,7-8,11,13H2. The van der Waals surface area contributed by atoms with E-state index in [0.29, 0.717) is 18.0 Å². The van der Waals surface area contributed by atoms with E-state index >= 15 is 0 Å². The number of thioether (sulfide) groups is 1. The first-order valence-electron chi connectivity index (χ1n) is 7.11. The third-order valence-electron chi connectivity index (χ3n) is 3.71. The van der Waals surface area contributed by atoms with Gasteiger partial charge in [0.25, 0.3) is 0 Å². The molecular weight excluding hydrogens is 264 g/mol. The van der Waals surface area contributed by atoms with Crippen molar-refractivity contribution in [2.24, 2.45) is 0 Å². The molecule has 1 aliphatic rings. The minimum atomic E-state index is 0.293. The van der Waals surface area contributed by atoms with E-state index in [4.69, 9.17) is 0 Å². The van der Waals surface area contributed by atoms with Gasteiger partial charge in [-0.05, 0) is 48.1 Å². The lowest BCUT2D eigenvalue weighted by Crippen LogP contribution is -2.05. The number of rotatable bonds is 5. The van der Waals surface area contributed by atoms with Crippen molar-refractivity contribution in [3.63, 3.8) is 0 Å². The molecule has 3 rings (SSSR count). The van der Waals surface area contributed by atoms with Crippen molar-refractivity contribution < 1.29 is 4.79 Å². The molecule has 0 bridgehead atoms. The van der Waals surface area contributed by atoms with E-state index in [9.17, 15) is 4.79 Å². The van der Waals surface area contributed by atoms with E-state index in [2.05, 4.69) is 18.2 Å². The average molecular weight is 282 g/mol. The van der Waals surface area contributed by atoms with Crippen LogP contribution in [-0.2, 0) is 24.1 Å². The molecule has 1 nitrogen and oxygen atoms in total. The van der Waals surface area contributed by atoms with E-state index in [0.717, 1.165) is 5.56 Å². The Kier molecular flexibility index (Phi) is 4.22. The lowest BCUT2D eigenvalue weighted by molar-refractivity contribution is -0.116. The van der Waals surface area contributed by atoms with Gasteiger partial charge < -0.3 is 0 Å². The molecule has 0 spiro atoms. The van der Waals surface area contributed by atoms with Gasteiger partial charge in [-0.25, -0.2) is 0 Å². The van der Waals surface area contributed by atoms with Crippen LogP contribution in [0.5, 0.6) is 0 Å². The van der Waals surface area contributed by atoms with Crippen LogP contribution in [0.1, 0.15) is 23.1 Å². The number of Topliss-reactive ketones (excluding diaryl/α,β-unsaturated/α-hetero) is 1. The van der Waals surface area contributed by atoms with Gasteiger partial charge in [-0.2, -0.15) is 0 Å². The van der Waals surface area contributed by atoms with Gasteiger partial charge in [0.15, 0.2) is 0 Å². The van der Waals surface area contributed by atoms with Gasteiger partial charge in [0, 0.05) is 11.3 Å². The summed E-state index contributed by atoms with van der Waals surface area (Å²) in [5.41, 5.74) is 4.07. The summed E-state index contributed by atoms with van der Waals surface area (Å²) in [6.45, 7) is 0. The predicted molar refractivity (Wildman–Crippen MR) is 84.3 cm³/mol. The fourth-order valence-corrected chi connectivity index (χ4v) is 3.50. The molecule has 0 heterocycles. The fourth-order valence-electron chi connectivity index (χ4n) is 2.68. The summed E-state index contributed by atoms with van der Waals surface area (Å²) in [4.78, 5) is 13.2. The first-order chi connectivity index (χ1) is 9.81. The van der Waals surface area contributed by atoms with Crippen molar-refractivity contribution in [1.29, 1.82) is 0 Å². The van der Waals surface area contributed by atoms with Crippen molar-refractivity contribution >= 4 is 17.5 Å². The largest absolute Gasteiger partial charge is 0.298 e. The van der Waals surface area contributed by atoms with Gasteiger partial charge in [0.05, 0.1) is 5.75 Å². The Balaban J connectivity index is 1.55. The summed E-state index contributed by atoms with van der Waals surface area (Å²) in [5.74, 6) is 0.856. The lowest BCUT2D eigenvalue weighted by Gasteiger charge is -2.05. The third-order valence-corrected chi connectivity index (χ3v) is 4.77. The molecule has 2 heteroatoms. The highest BCUT2D eigenvalue weighted by Crippen LogP contribution is 2.27. The number of aryl methyl sites for hydroxylation is 2. The molecule has 0 atom stereocenters. The van der Waals surface area contributed by atoms with Crippen molar-refractivity contribution in [3.05, 3.63) is 65.2 Å². The Morgan fingerprint density at radius 3 is 2.65 bits per heavy atom. The Labute approximate surface area is 124 Å². The summed E-state index contributed by atoms with van der Waals surface area (Å²) in [5, 5.41) is 0. The van der Waals surface area contributed by atoms with Gasteiger partial charge in [-0.3, -0.25) is 4.79 Å². The highest BCUT2D eigenvalue weighted by molar-refractivity contribution is 8.00. The van der Waals surface area contributed by atoms with E-state index in [1.165, 1.54) is 35.3 Å². The zero-order valence-electron chi connectivity index (χ0n) is 11.5. The molecule has 102 valence electrons. The maximum Gasteiger partial charge on any atom is 0.147 e. The fraction of sp³-hybridized carbons (Fsp3) is 0.278. The number of carbonyl (C=O) groups excluding carboxylic acids is 1. The van der Waals surface area contributed by atoms with Crippen LogP contribution in [0.25, 0.3) is 0 Å². The lowest BCUT2D eigenvalue weighted by atomic mass is 10.1. The molecule has 0 amide bonds. The first-order valence-corrected chi connectivity index (χ1v) is 8.10. The molecule has 0 fully saturated rings. The number of hydrogen-bond acceptors (Lipinski definition) is 2. The maximum absolute atomic E-state index is 12.0. The molecule has 0 unspecified atom stereocenters. The molecule has 1 aliphatic carbocycles. The van der Waals surface area contributed by atoms with Crippen LogP contribution < -0.4 is 0 Å². The molecule has 0 aliphatic heterocycles. The second-order valence-corrected chi connectivity index (χ2v) is 6.32. The highest BCUT2D eigenvalue weighted by Gasteiger charge is 2.11. The van der Waals surface area contributed by atoms with Gasteiger partial charge in [0.1, 0.15) is 5.78 Å². The van der Waals surface area contributed by atoms with Gasteiger partial charge in [0.2, 0.25) is 0 Å². The number of fused-ring (bicyclic) bond motifs is 1. The molecule has 0 aromatic heterocycles. The topological polar surface area (TPSA) is 17.1 Å². The summed E-state index contributed by atoms with van der Waals surface area (Å²) in [6.07, 6.45) is 4.23. The zero-order valence-corrected chi connectivity index (χ0v) is 12.3. The van der Waals surface area contributed by atoms with E-state index in [-0.39, 0.29) is 0 Å². The second-order valence-electron chi connectivity index (χ2n) is 5.27. The number of carbonyl (C=O) groups is 1. The summed E-state index contributed by atoms with van der Waals surface area (Å²) >= 11 is 1.66. The van der Waals surface area contributed by atoms with E-state index in [1.807, 2.05) is 30.3 Å². The van der Waals surface area contributed by atoms with Crippen LogP contribution in [0, 0.1) is 0 Å². The SMILES string of the molecule is O=C(CSc1ccc2c(c1)CCC2)Cc1ccccc1. The maximum atomic E-state index is 12.0. The van der Waals surface area contributed by atoms with E-state index in [1.54, 1.807) is 11.8 Å². The van der Waals surface area contributed by atoms with Gasteiger partial charge in [-0.15, -0.1) is 11.8 Å². The Morgan fingerprint density at radius 2 is 1.80 bits per heavy atom. The molecular formula is C18H18OS. The molecule has 0 saturated heterocycles. The minimum Gasteiger partial charge on any atom is -0.298 e. The Hall–Kier alpha value is -1.54. The smallest absolute Gasteiger partial charge is 0.147 e. The summed E-state index contributed by atoms with van der Waals surface area (Å²) in [6, 6.07) is 16.6. The normalized spacial score (nSPS) is 13.2.